The molecule has 0 radical (unpaired) electrons. The minimum atomic E-state index is -0.340. The van der Waals surface area contributed by atoms with Crippen molar-refractivity contribution in [1.29, 1.82) is 0 Å². The van der Waals surface area contributed by atoms with E-state index in [1.807, 2.05) is 18.2 Å². The zero-order valence-electron chi connectivity index (χ0n) is 13.2. The zero-order chi connectivity index (χ0) is 16.9. The number of rotatable bonds is 5. The topological polar surface area (TPSA) is 73.2 Å². The first kappa shape index (κ1) is 15.9. The molecule has 0 spiro atoms. The van der Waals surface area contributed by atoms with Crippen LogP contribution in [0.4, 0.5) is 0 Å². The lowest BCUT2D eigenvalue weighted by atomic mass is 10.1. The Morgan fingerprint density at radius 2 is 1.75 bits per heavy atom. The van der Waals surface area contributed by atoms with E-state index in [9.17, 15) is 9.59 Å². The minimum absolute atomic E-state index is 0.213. The average molecular weight is 323 g/mol. The van der Waals surface area contributed by atoms with E-state index in [0.717, 1.165) is 0 Å². The van der Waals surface area contributed by atoms with Gasteiger partial charge < -0.3 is 10.1 Å². The van der Waals surface area contributed by atoms with Gasteiger partial charge in [0, 0.05) is 19.0 Å². The molecule has 0 bridgehead atoms. The molecule has 6 heteroatoms. The van der Waals surface area contributed by atoms with Crippen molar-refractivity contribution in [2.45, 2.75) is 0 Å². The van der Waals surface area contributed by atoms with Gasteiger partial charge in [0.05, 0.1) is 17.7 Å². The number of hydrogen-bond acceptors (Lipinski definition) is 4. The fourth-order valence-electron chi connectivity index (χ4n) is 2.45. The SMILES string of the molecule is COCCNC(=O)c1nn(-c2ccccc2)c(=O)c2ccccc12. The van der Waals surface area contributed by atoms with Gasteiger partial charge in [-0.3, -0.25) is 9.59 Å². The highest BCUT2D eigenvalue weighted by Crippen LogP contribution is 2.15. The predicted molar refractivity (Wildman–Crippen MR) is 91.5 cm³/mol. The number of methoxy groups -OCH3 is 1. The smallest absolute Gasteiger partial charge is 0.279 e. The summed E-state index contributed by atoms with van der Waals surface area (Å²) in [7, 11) is 1.56. The van der Waals surface area contributed by atoms with Gasteiger partial charge in [-0.2, -0.15) is 9.78 Å². The maximum Gasteiger partial charge on any atom is 0.279 e. The standard InChI is InChI=1S/C18H17N3O3/c1-24-12-11-19-17(22)16-14-9-5-6-10-15(14)18(23)21(20-16)13-7-3-2-4-8-13/h2-10H,11-12H2,1H3,(H,19,22). The lowest BCUT2D eigenvalue weighted by Crippen LogP contribution is -2.31. The summed E-state index contributed by atoms with van der Waals surface area (Å²) in [6, 6.07) is 16.0. The Kier molecular flexibility index (Phi) is 4.67. The highest BCUT2D eigenvalue weighted by Gasteiger charge is 2.16. The van der Waals surface area contributed by atoms with Crippen LogP contribution in [0.25, 0.3) is 16.5 Å². The number of amides is 1. The van der Waals surface area contributed by atoms with Gasteiger partial charge in [-0.15, -0.1) is 0 Å². The van der Waals surface area contributed by atoms with Crippen LogP contribution < -0.4 is 10.9 Å². The quantitative estimate of drug-likeness (QED) is 0.726. The molecule has 3 rings (SSSR count). The van der Waals surface area contributed by atoms with Crippen molar-refractivity contribution in [3.8, 4) is 5.69 Å². The van der Waals surface area contributed by atoms with Crippen LogP contribution in [0.1, 0.15) is 10.5 Å². The summed E-state index contributed by atoms with van der Waals surface area (Å²) in [4.78, 5) is 25.2. The third-order valence-corrected chi connectivity index (χ3v) is 3.61. The molecule has 0 fully saturated rings. The van der Waals surface area contributed by atoms with E-state index in [4.69, 9.17) is 4.74 Å². The predicted octanol–water partition coefficient (Wildman–Crippen LogP) is 1.76. The summed E-state index contributed by atoms with van der Waals surface area (Å²) in [5.41, 5.74) is 0.564. The summed E-state index contributed by atoms with van der Waals surface area (Å²) in [6.45, 7) is 0.776. The third-order valence-electron chi connectivity index (χ3n) is 3.61. The molecule has 2 aromatic carbocycles. The van der Waals surface area contributed by atoms with E-state index in [2.05, 4.69) is 10.4 Å². The minimum Gasteiger partial charge on any atom is -0.383 e. The lowest BCUT2D eigenvalue weighted by Gasteiger charge is -2.11. The highest BCUT2D eigenvalue weighted by atomic mass is 16.5. The molecule has 0 aliphatic rings. The van der Waals surface area contributed by atoms with E-state index >= 15 is 0 Å². The van der Waals surface area contributed by atoms with Gasteiger partial charge in [0.1, 0.15) is 0 Å². The summed E-state index contributed by atoms with van der Waals surface area (Å²) in [5.74, 6) is -0.340. The van der Waals surface area contributed by atoms with Crippen molar-refractivity contribution < 1.29 is 9.53 Å². The molecule has 1 heterocycles. The van der Waals surface area contributed by atoms with Crippen LogP contribution >= 0.6 is 0 Å². The number of nitrogens with one attached hydrogen (secondary N) is 1. The maximum absolute atomic E-state index is 12.7. The van der Waals surface area contributed by atoms with Crippen molar-refractivity contribution in [3.05, 3.63) is 70.6 Å². The average Bonchev–Trinajstić information content (AvgIpc) is 2.63. The fraction of sp³-hybridized carbons (Fsp3) is 0.167. The molecule has 0 aliphatic carbocycles. The second kappa shape index (κ2) is 7.06. The fourth-order valence-corrected chi connectivity index (χ4v) is 2.45. The highest BCUT2D eigenvalue weighted by molar-refractivity contribution is 6.04. The molecular formula is C18H17N3O3. The molecular weight excluding hydrogens is 306 g/mol. The molecule has 3 aromatic rings. The van der Waals surface area contributed by atoms with Crippen molar-refractivity contribution in [1.82, 2.24) is 15.1 Å². The molecule has 1 amide bonds. The number of carbonyl (C=O) groups excluding carboxylic acids is 1. The Balaban J connectivity index is 2.16. The molecule has 1 N–H and O–H groups in total. The van der Waals surface area contributed by atoms with Crippen LogP contribution in [0.2, 0.25) is 0 Å². The van der Waals surface area contributed by atoms with Gasteiger partial charge in [-0.25, -0.2) is 0 Å². The van der Waals surface area contributed by atoms with Crippen molar-refractivity contribution in [3.63, 3.8) is 0 Å². The molecule has 1 aromatic heterocycles. The van der Waals surface area contributed by atoms with Crippen LogP contribution in [0.3, 0.4) is 0 Å². The lowest BCUT2D eigenvalue weighted by molar-refractivity contribution is 0.0932. The van der Waals surface area contributed by atoms with Crippen molar-refractivity contribution in [2.24, 2.45) is 0 Å². The second-order valence-corrected chi connectivity index (χ2v) is 5.20. The molecule has 24 heavy (non-hydrogen) atoms. The molecule has 0 unspecified atom stereocenters. The Labute approximate surface area is 138 Å². The summed E-state index contributed by atoms with van der Waals surface area (Å²) in [5, 5.41) is 8.03. The number of para-hydroxylation sites is 1. The molecule has 0 aliphatic heterocycles. The Morgan fingerprint density at radius 3 is 2.46 bits per heavy atom. The van der Waals surface area contributed by atoms with Gasteiger partial charge in [0.25, 0.3) is 11.5 Å². The number of ether oxygens (including phenoxy) is 1. The first-order chi connectivity index (χ1) is 11.7. The van der Waals surface area contributed by atoms with E-state index in [1.54, 1.807) is 43.5 Å². The summed E-state index contributed by atoms with van der Waals surface area (Å²) < 4.78 is 6.19. The van der Waals surface area contributed by atoms with Gasteiger partial charge >= 0.3 is 0 Å². The Hall–Kier alpha value is -2.99. The zero-order valence-corrected chi connectivity index (χ0v) is 13.2. The van der Waals surface area contributed by atoms with Gasteiger partial charge in [-0.1, -0.05) is 36.4 Å². The first-order valence-electron chi connectivity index (χ1n) is 7.57. The third kappa shape index (κ3) is 3.04. The number of fused-ring (bicyclic) bond motifs is 1. The molecule has 0 saturated heterocycles. The van der Waals surface area contributed by atoms with Crippen molar-refractivity contribution >= 4 is 16.7 Å². The van der Waals surface area contributed by atoms with E-state index in [-0.39, 0.29) is 17.2 Å². The van der Waals surface area contributed by atoms with Crippen LogP contribution in [0.5, 0.6) is 0 Å². The van der Waals surface area contributed by atoms with E-state index in [0.29, 0.717) is 29.6 Å². The van der Waals surface area contributed by atoms with E-state index < -0.39 is 0 Å². The number of aromatic nitrogens is 2. The van der Waals surface area contributed by atoms with Crippen LogP contribution in [0.15, 0.2) is 59.4 Å². The van der Waals surface area contributed by atoms with Gasteiger partial charge in [0.15, 0.2) is 5.69 Å². The Bertz CT molecular complexity index is 920. The van der Waals surface area contributed by atoms with E-state index in [1.165, 1.54) is 4.68 Å². The second-order valence-electron chi connectivity index (χ2n) is 5.20. The normalized spacial score (nSPS) is 10.7. The van der Waals surface area contributed by atoms with Crippen LogP contribution in [-0.2, 0) is 4.74 Å². The van der Waals surface area contributed by atoms with Gasteiger partial charge in [-0.05, 0) is 18.2 Å². The summed E-state index contributed by atoms with van der Waals surface area (Å²) >= 11 is 0. The van der Waals surface area contributed by atoms with Crippen molar-refractivity contribution in [2.75, 3.05) is 20.3 Å². The number of benzene rings is 2. The van der Waals surface area contributed by atoms with Crippen LogP contribution in [-0.4, -0.2) is 35.9 Å². The molecule has 122 valence electrons. The Morgan fingerprint density at radius 1 is 1.08 bits per heavy atom. The molecule has 6 nitrogen and oxygen atoms in total. The maximum atomic E-state index is 12.7. The largest absolute Gasteiger partial charge is 0.383 e. The van der Waals surface area contributed by atoms with Gasteiger partial charge in [0.2, 0.25) is 0 Å². The summed E-state index contributed by atoms with van der Waals surface area (Å²) in [6.07, 6.45) is 0. The van der Waals surface area contributed by atoms with Crippen LogP contribution in [0, 0.1) is 0 Å². The number of nitrogens with zero attached hydrogens (tertiary/aromatic N) is 2. The number of hydrogen-bond donors (Lipinski definition) is 1. The monoisotopic (exact) mass is 323 g/mol. The number of carbonyl (C=O) groups is 1. The molecule has 0 saturated carbocycles. The first-order valence-corrected chi connectivity index (χ1v) is 7.57. The molecule has 0 atom stereocenters.